The van der Waals surface area contributed by atoms with E-state index in [0.717, 1.165) is 52.6 Å². The van der Waals surface area contributed by atoms with E-state index in [-0.39, 0.29) is 19.4 Å². The number of anilines is 3. The molecule has 0 aliphatic carbocycles. The number of para-hydroxylation sites is 1. The first-order valence-electron chi connectivity index (χ1n) is 13.1. The Hall–Kier alpha value is -3.44. The highest BCUT2D eigenvalue weighted by molar-refractivity contribution is 7.19. The first-order chi connectivity index (χ1) is 18.9. The average Bonchev–Trinajstić information content (AvgIpc) is 3.32. The van der Waals surface area contributed by atoms with Crippen molar-refractivity contribution >= 4 is 38.9 Å². The second kappa shape index (κ2) is 11.7. The van der Waals surface area contributed by atoms with E-state index in [1.165, 1.54) is 11.3 Å². The standard InChI is InChI=1S/C29H35N5O4S/c1-19(2)38-24-15-20(33-13-11-32(3)12-14-33)9-10-22(24)34(18-36)29-30-16-25-28(31-29)27(26(17-35)39-25)21-7-5-6-8-23(21)37-4/h5-10,15-16,19,35-36H,11-14,17-18H2,1-4H3. The number of benzene rings is 2. The van der Waals surface area contributed by atoms with Crippen LogP contribution < -0.4 is 19.3 Å². The molecule has 0 bridgehead atoms. The summed E-state index contributed by atoms with van der Waals surface area (Å²) in [6, 6.07) is 13.7. The number of aromatic nitrogens is 2. The molecule has 1 aliphatic heterocycles. The zero-order valence-electron chi connectivity index (χ0n) is 22.8. The maximum absolute atomic E-state index is 10.5. The van der Waals surface area contributed by atoms with Gasteiger partial charge < -0.3 is 29.5 Å². The van der Waals surface area contributed by atoms with E-state index in [9.17, 15) is 10.2 Å². The molecular formula is C29H35N5O4S. The van der Waals surface area contributed by atoms with Gasteiger partial charge in [0.2, 0.25) is 5.95 Å². The van der Waals surface area contributed by atoms with E-state index in [1.54, 1.807) is 18.2 Å². The predicted molar refractivity (Wildman–Crippen MR) is 156 cm³/mol. The molecule has 1 fully saturated rings. The third-order valence-corrected chi connectivity index (χ3v) is 7.96. The molecule has 1 saturated heterocycles. The van der Waals surface area contributed by atoms with Crippen molar-refractivity contribution in [2.24, 2.45) is 0 Å². The van der Waals surface area contributed by atoms with Crippen LogP contribution in [0, 0.1) is 0 Å². The number of aliphatic hydroxyl groups is 2. The number of ether oxygens (including phenoxy) is 2. The van der Waals surface area contributed by atoms with E-state index in [0.29, 0.717) is 28.7 Å². The van der Waals surface area contributed by atoms with Gasteiger partial charge >= 0.3 is 0 Å². The fourth-order valence-corrected chi connectivity index (χ4v) is 5.87. The van der Waals surface area contributed by atoms with Crippen LogP contribution in [-0.2, 0) is 6.61 Å². The van der Waals surface area contributed by atoms with Crippen molar-refractivity contribution in [1.29, 1.82) is 0 Å². The molecule has 0 unspecified atom stereocenters. The summed E-state index contributed by atoms with van der Waals surface area (Å²) >= 11 is 1.45. The number of likely N-dealkylation sites (N-methyl/N-ethyl adjacent to an activating group) is 1. The van der Waals surface area contributed by atoms with E-state index in [1.807, 2.05) is 50.2 Å². The number of methoxy groups -OCH3 is 1. The van der Waals surface area contributed by atoms with Gasteiger partial charge in [-0.1, -0.05) is 18.2 Å². The van der Waals surface area contributed by atoms with Gasteiger partial charge in [0.25, 0.3) is 0 Å². The Morgan fingerprint density at radius 3 is 2.51 bits per heavy atom. The summed E-state index contributed by atoms with van der Waals surface area (Å²) in [7, 11) is 3.77. The number of piperazine rings is 1. The van der Waals surface area contributed by atoms with Gasteiger partial charge in [-0.2, -0.15) is 0 Å². The molecule has 0 spiro atoms. The minimum Gasteiger partial charge on any atom is -0.496 e. The van der Waals surface area contributed by atoms with E-state index >= 15 is 0 Å². The lowest BCUT2D eigenvalue weighted by atomic mass is 10.0. The molecule has 2 N–H and O–H groups in total. The van der Waals surface area contributed by atoms with Crippen molar-refractivity contribution in [1.82, 2.24) is 14.9 Å². The van der Waals surface area contributed by atoms with Gasteiger partial charge in [-0.05, 0) is 39.1 Å². The quantitative estimate of drug-likeness (QED) is 0.293. The first-order valence-corrected chi connectivity index (χ1v) is 13.9. The number of rotatable bonds is 9. The van der Waals surface area contributed by atoms with Gasteiger partial charge in [-0.3, -0.25) is 4.90 Å². The molecule has 9 nitrogen and oxygen atoms in total. The molecule has 1 aliphatic rings. The van der Waals surface area contributed by atoms with Crippen LogP contribution in [0.15, 0.2) is 48.7 Å². The lowest BCUT2D eigenvalue weighted by Crippen LogP contribution is -2.44. The van der Waals surface area contributed by atoms with E-state index in [4.69, 9.17) is 14.5 Å². The molecule has 4 aromatic rings. The molecule has 39 heavy (non-hydrogen) atoms. The molecule has 3 heterocycles. The van der Waals surface area contributed by atoms with Gasteiger partial charge in [0.1, 0.15) is 18.2 Å². The predicted octanol–water partition coefficient (Wildman–Crippen LogP) is 4.49. The minimum atomic E-state index is -0.338. The summed E-state index contributed by atoms with van der Waals surface area (Å²) in [5.41, 5.74) is 4.11. The summed E-state index contributed by atoms with van der Waals surface area (Å²) in [6.07, 6.45) is 1.68. The van der Waals surface area contributed by atoms with Crippen molar-refractivity contribution in [3.8, 4) is 22.6 Å². The van der Waals surface area contributed by atoms with Crippen LogP contribution >= 0.6 is 11.3 Å². The fraction of sp³-hybridized carbons (Fsp3) is 0.379. The molecule has 2 aromatic carbocycles. The highest BCUT2D eigenvalue weighted by Crippen LogP contribution is 2.43. The Balaban J connectivity index is 1.59. The highest BCUT2D eigenvalue weighted by atomic mass is 32.1. The number of hydrogen-bond acceptors (Lipinski definition) is 10. The maximum Gasteiger partial charge on any atom is 0.232 e. The number of thiophene rings is 1. The van der Waals surface area contributed by atoms with Crippen LogP contribution in [0.3, 0.4) is 0 Å². The summed E-state index contributed by atoms with van der Waals surface area (Å²) in [5, 5.41) is 20.7. The van der Waals surface area contributed by atoms with Crippen molar-refractivity contribution < 1.29 is 19.7 Å². The van der Waals surface area contributed by atoms with E-state index < -0.39 is 0 Å². The van der Waals surface area contributed by atoms with E-state index in [2.05, 4.69) is 27.9 Å². The molecular weight excluding hydrogens is 514 g/mol. The average molecular weight is 550 g/mol. The van der Waals surface area contributed by atoms with Crippen LogP contribution in [0.2, 0.25) is 0 Å². The summed E-state index contributed by atoms with van der Waals surface area (Å²) in [4.78, 5) is 16.6. The molecule has 0 atom stereocenters. The van der Waals surface area contributed by atoms with Crippen molar-refractivity contribution in [3.63, 3.8) is 0 Å². The maximum atomic E-state index is 10.5. The van der Waals surface area contributed by atoms with Crippen LogP contribution in [0.5, 0.6) is 11.5 Å². The SMILES string of the molecule is COc1ccccc1-c1c(CO)sc2cnc(N(CO)c3ccc(N4CCN(C)CC4)cc3OC(C)C)nc12. The van der Waals surface area contributed by atoms with Crippen LogP contribution in [0.25, 0.3) is 21.3 Å². The topological polar surface area (TPSA) is 94.4 Å². The van der Waals surface area contributed by atoms with Gasteiger partial charge in [0.05, 0.1) is 41.9 Å². The van der Waals surface area contributed by atoms with Crippen LogP contribution in [0.4, 0.5) is 17.3 Å². The Labute approximate surface area is 232 Å². The number of hydrogen-bond donors (Lipinski definition) is 2. The molecule has 0 amide bonds. The third kappa shape index (κ3) is 5.51. The monoisotopic (exact) mass is 549 g/mol. The molecule has 2 aromatic heterocycles. The summed E-state index contributed by atoms with van der Waals surface area (Å²) in [6.45, 7) is 7.39. The summed E-state index contributed by atoms with van der Waals surface area (Å²) in [5.74, 6) is 1.69. The highest BCUT2D eigenvalue weighted by Gasteiger charge is 2.24. The number of fused-ring (bicyclic) bond motifs is 1. The van der Waals surface area contributed by atoms with Crippen LogP contribution in [-0.4, -0.2) is 78.3 Å². The Bertz CT molecular complexity index is 1430. The van der Waals surface area contributed by atoms with Gasteiger partial charge in [0, 0.05) is 53.9 Å². The zero-order chi connectivity index (χ0) is 27.5. The van der Waals surface area contributed by atoms with Crippen molar-refractivity contribution in [2.75, 3.05) is 56.9 Å². The lowest BCUT2D eigenvalue weighted by molar-refractivity contribution is 0.240. The zero-order valence-corrected chi connectivity index (χ0v) is 23.6. The van der Waals surface area contributed by atoms with Gasteiger partial charge in [0.15, 0.2) is 0 Å². The molecule has 5 rings (SSSR count). The number of nitrogens with zero attached hydrogens (tertiary/aromatic N) is 5. The Morgan fingerprint density at radius 2 is 1.82 bits per heavy atom. The first kappa shape index (κ1) is 27.1. The molecule has 0 radical (unpaired) electrons. The lowest BCUT2D eigenvalue weighted by Gasteiger charge is -2.34. The Kier molecular flexibility index (Phi) is 8.18. The number of aliphatic hydroxyl groups excluding tert-OH is 2. The fourth-order valence-electron chi connectivity index (χ4n) is 4.88. The van der Waals surface area contributed by atoms with Crippen molar-refractivity contribution in [3.05, 3.63) is 53.5 Å². The van der Waals surface area contributed by atoms with Crippen molar-refractivity contribution in [2.45, 2.75) is 26.6 Å². The molecule has 0 saturated carbocycles. The normalized spacial score (nSPS) is 14.3. The smallest absolute Gasteiger partial charge is 0.232 e. The molecule has 206 valence electrons. The molecule has 10 heteroatoms. The van der Waals surface area contributed by atoms with Gasteiger partial charge in [-0.25, -0.2) is 9.97 Å². The van der Waals surface area contributed by atoms with Gasteiger partial charge in [-0.15, -0.1) is 11.3 Å². The second-order valence-electron chi connectivity index (χ2n) is 9.82. The Morgan fingerprint density at radius 1 is 1.05 bits per heavy atom. The summed E-state index contributed by atoms with van der Waals surface area (Å²) < 4.78 is 12.7. The largest absolute Gasteiger partial charge is 0.496 e. The minimum absolute atomic E-state index is 0.0587. The third-order valence-electron chi connectivity index (χ3n) is 6.86. The van der Waals surface area contributed by atoms with Crippen LogP contribution in [0.1, 0.15) is 18.7 Å². The second-order valence-corrected chi connectivity index (χ2v) is 11.0.